The molecule has 0 aliphatic carbocycles. The van der Waals surface area contributed by atoms with Gasteiger partial charge in [0.15, 0.2) is 5.78 Å². The molecule has 16 heavy (non-hydrogen) atoms. The summed E-state index contributed by atoms with van der Waals surface area (Å²) in [5, 5.41) is 12.1. The van der Waals surface area contributed by atoms with Crippen LogP contribution in [0.1, 0.15) is 30.1 Å². The first-order valence-electron chi connectivity index (χ1n) is 5.70. The summed E-state index contributed by atoms with van der Waals surface area (Å²) in [4.78, 5) is 11.7. The zero-order chi connectivity index (χ0) is 11.8. The maximum atomic E-state index is 11.7. The van der Waals surface area contributed by atoms with E-state index in [1.54, 1.807) is 0 Å². The van der Waals surface area contributed by atoms with Gasteiger partial charge in [-0.3, -0.25) is 4.79 Å². The van der Waals surface area contributed by atoms with Gasteiger partial charge in [0.1, 0.15) is 0 Å². The average molecular weight is 221 g/mol. The van der Waals surface area contributed by atoms with Crippen LogP contribution in [-0.2, 0) is 0 Å². The largest absolute Gasteiger partial charge is 0.395 e. The van der Waals surface area contributed by atoms with E-state index in [0.717, 1.165) is 12.0 Å². The van der Waals surface area contributed by atoms with Crippen LogP contribution in [0.3, 0.4) is 0 Å². The molecule has 3 nitrogen and oxygen atoms in total. The fraction of sp³-hybridized carbons (Fsp3) is 0.462. The Morgan fingerprint density at radius 3 is 2.62 bits per heavy atom. The van der Waals surface area contributed by atoms with Crippen molar-refractivity contribution >= 4 is 5.78 Å². The van der Waals surface area contributed by atoms with Gasteiger partial charge in [-0.15, -0.1) is 0 Å². The van der Waals surface area contributed by atoms with Gasteiger partial charge >= 0.3 is 0 Å². The normalized spacial score (nSPS) is 12.4. The Morgan fingerprint density at radius 1 is 1.38 bits per heavy atom. The van der Waals surface area contributed by atoms with Crippen molar-refractivity contribution in [2.45, 2.75) is 25.8 Å². The van der Waals surface area contributed by atoms with Crippen molar-refractivity contribution in [2.75, 3.05) is 13.2 Å². The highest BCUT2D eigenvalue weighted by molar-refractivity contribution is 5.96. The van der Waals surface area contributed by atoms with E-state index in [9.17, 15) is 4.79 Å². The highest BCUT2D eigenvalue weighted by Gasteiger charge is 2.07. The maximum Gasteiger partial charge on any atom is 0.164 e. The molecule has 1 atom stereocenters. The topological polar surface area (TPSA) is 49.3 Å². The zero-order valence-corrected chi connectivity index (χ0v) is 9.65. The molecule has 0 bridgehead atoms. The predicted molar refractivity (Wildman–Crippen MR) is 64.6 cm³/mol. The van der Waals surface area contributed by atoms with E-state index in [2.05, 4.69) is 5.32 Å². The minimum absolute atomic E-state index is 0.101. The molecule has 0 saturated carbocycles. The third-order valence-corrected chi connectivity index (χ3v) is 2.59. The van der Waals surface area contributed by atoms with Gasteiger partial charge < -0.3 is 10.4 Å². The highest BCUT2D eigenvalue weighted by atomic mass is 16.3. The summed E-state index contributed by atoms with van der Waals surface area (Å²) < 4.78 is 0. The molecule has 0 aromatic heterocycles. The van der Waals surface area contributed by atoms with Crippen molar-refractivity contribution in [1.29, 1.82) is 0 Å². The third-order valence-electron chi connectivity index (χ3n) is 2.59. The van der Waals surface area contributed by atoms with E-state index < -0.39 is 0 Å². The minimum atomic E-state index is 0.101. The van der Waals surface area contributed by atoms with E-state index in [-0.39, 0.29) is 18.4 Å². The quantitative estimate of drug-likeness (QED) is 0.688. The van der Waals surface area contributed by atoms with Crippen LogP contribution in [0.4, 0.5) is 0 Å². The van der Waals surface area contributed by atoms with E-state index >= 15 is 0 Å². The molecule has 0 radical (unpaired) electrons. The lowest BCUT2D eigenvalue weighted by Gasteiger charge is -2.13. The number of carbonyl (C=O) groups is 1. The van der Waals surface area contributed by atoms with Crippen LogP contribution in [0.2, 0.25) is 0 Å². The summed E-state index contributed by atoms with van der Waals surface area (Å²) in [6.07, 6.45) is 1.34. The van der Waals surface area contributed by atoms with Gasteiger partial charge in [0.25, 0.3) is 0 Å². The second-order valence-corrected chi connectivity index (χ2v) is 3.78. The molecule has 0 fully saturated rings. The maximum absolute atomic E-state index is 11.7. The van der Waals surface area contributed by atoms with Gasteiger partial charge in [0.05, 0.1) is 6.61 Å². The molecule has 88 valence electrons. The molecule has 1 unspecified atom stereocenters. The monoisotopic (exact) mass is 221 g/mol. The predicted octanol–water partition coefficient (Wildman–Crippen LogP) is 1.62. The van der Waals surface area contributed by atoms with Crippen molar-refractivity contribution in [3.05, 3.63) is 35.9 Å². The van der Waals surface area contributed by atoms with Crippen molar-refractivity contribution < 1.29 is 9.90 Å². The first kappa shape index (κ1) is 12.9. The summed E-state index contributed by atoms with van der Waals surface area (Å²) in [7, 11) is 0. The van der Waals surface area contributed by atoms with Crippen LogP contribution in [0.5, 0.6) is 0 Å². The van der Waals surface area contributed by atoms with Crippen LogP contribution in [-0.4, -0.2) is 30.1 Å². The number of carbonyl (C=O) groups excluding carboxylic acids is 1. The summed E-state index contributed by atoms with van der Waals surface area (Å²) >= 11 is 0. The van der Waals surface area contributed by atoms with Gasteiger partial charge in [0, 0.05) is 24.6 Å². The number of benzene rings is 1. The molecule has 0 spiro atoms. The number of hydrogen-bond acceptors (Lipinski definition) is 3. The lowest BCUT2D eigenvalue weighted by molar-refractivity contribution is 0.0980. The lowest BCUT2D eigenvalue weighted by atomic mass is 10.1. The number of Topliss-reactive ketones (excluding diaryl/α,β-unsaturated/α-hetero) is 1. The number of aliphatic hydroxyl groups is 1. The summed E-state index contributed by atoms with van der Waals surface area (Å²) in [5.41, 5.74) is 0.751. The van der Waals surface area contributed by atoms with Crippen LogP contribution in [0, 0.1) is 0 Å². The number of ketones is 1. The Balaban J connectivity index is 2.31. The van der Waals surface area contributed by atoms with Gasteiger partial charge in [0.2, 0.25) is 0 Å². The SMILES string of the molecule is CCC(CO)NCCC(=O)c1ccccc1. The summed E-state index contributed by atoms with van der Waals surface area (Å²) in [5.74, 6) is 0.140. The molecule has 3 heteroatoms. The fourth-order valence-electron chi connectivity index (χ4n) is 1.50. The van der Waals surface area contributed by atoms with Crippen molar-refractivity contribution in [3.63, 3.8) is 0 Å². The Hall–Kier alpha value is -1.19. The number of aliphatic hydroxyl groups excluding tert-OH is 1. The van der Waals surface area contributed by atoms with Crippen molar-refractivity contribution in [1.82, 2.24) is 5.32 Å². The van der Waals surface area contributed by atoms with Gasteiger partial charge in [-0.25, -0.2) is 0 Å². The van der Waals surface area contributed by atoms with Crippen LogP contribution < -0.4 is 5.32 Å². The number of rotatable bonds is 7. The first-order chi connectivity index (χ1) is 7.77. The third kappa shape index (κ3) is 4.13. The van der Waals surface area contributed by atoms with Gasteiger partial charge in [-0.2, -0.15) is 0 Å². The Bertz CT molecular complexity index is 307. The van der Waals surface area contributed by atoms with Crippen LogP contribution in [0.15, 0.2) is 30.3 Å². The van der Waals surface area contributed by atoms with Crippen molar-refractivity contribution in [2.24, 2.45) is 0 Å². The molecule has 2 N–H and O–H groups in total. The van der Waals surface area contributed by atoms with Crippen molar-refractivity contribution in [3.8, 4) is 0 Å². The fourth-order valence-corrected chi connectivity index (χ4v) is 1.50. The molecule has 1 aromatic rings. The van der Waals surface area contributed by atoms with Crippen LogP contribution >= 0.6 is 0 Å². The highest BCUT2D eigenvalue weighted by Crippen LogP contribution is 2.02. The first-order valence-corrected chi connectivity index (χ1v) is 5.70. The van der Waals surface area contributed by atoms with Crippen LogP contribution in [0.25, 0.3) is 0 Å². The minimum Gasteiger partial charge on any atom is -0.395 e. The molecular formula is C13H19NO2. The second kappa shape index (κ2) is 7.14. The molecule has 1 aromatic carbocycles. The second-order valence-electron chi connectivity index (χ2n) is 3.78. The van der Waals surface area contributed by atoms with Gasteiger partial charge in [-0.1, -0.05) is 37.3 Å². The number of nitrogens with one attached hydrogen (secondary N) is 1. The Kier molecular flexibility index (Phi) is 5.75. The van der Waals surface area contributed by atoms with E-state index in [1.165, 1.54) is 0 Å². The molecule has 0 amide bonds. The van der Waals surface area contributed by atoms with E-state index in [0.29, 0.717) is 13.0 Å². The molecule has 0 aliphatic heterocycles. The molecule has 0 heterocycles. The lowest BCUT2D eigenvalue weighted by Crippen LogP contribution is -2.33. The Morgan fingerprint density at radius 2 is 2.06 bits per heavy atom. The molecule has 0 aliphatic rings. The standard InChI is InChI=1S/C13H19NO2/c1-2-12(10-15)14-9-8-13(16)11-6-4-3-5-7-11/h3-7,12,14-15H,2,8-10H2,1H3. The summed E-state index contributed by atoms with van der Waals surface area (Å²) in [6, 6.07) is 9.38. The number of hydrogen-bond donors (Lipinski definition) is 2. The molecule has 0 saturated heterocycles. The average Bonchev–Trinajstić information content (AvgIpc) is 2.35. The zero-order valence-electron chi connectivity index (χ0n) is 9.65. The Labute approximate surface area is 96.5 Å². The molecule has 1 rings (SSSR count). The smallest absolute Gasteiger partial charge is 0.164 e. The summed E-state index contributed by atoms with van der Waals surface area (Å²) in [6.45, 7) is 2.75. The van der Waals surface area contributed by atoms with Gasteiger partial charge in [-0.05, 0) is 6.42 Å². The van der Waals surface area contributed by atoms with E-state index in [1.807, 2.05) is 37.3 Å². The van der Waals surface area contributed by atoms with E-state index in [4.69, 9.17) is 5.11 Å². The molecular weight excluding hydrogens is 202 g/mol.